The molecule has 1 aromatic carbocycles. The van der Waals surface area contributed by atoms with E-state index in [4.69, 9.17) is 9.47 Å². The van der Waals surface area contributed by atoms with Gasteiger partial charge < -0.3 is 9.47 Å². The highest BCUT2D eigenvalue weighted by Crippen LogP contribution is 2.02. The topological polar surface area (TPSA) is 96.2 Å². The average molecular weight is 290 g/mol. The van der Waals surface area contributed by atoms with Gasteiger partial charge in [-0.2, -0.15) is 0 Å². The van der Waals surface area contributed by atoms with Gasteiger partial charge in [0.25, 0.3) is 5.82 Å². The zero-order valence-electron chi connectivity index (χ0n) is 11.4. The smallest absolute Gasteiger partial charge is 0.438 e. The van der Waals surface area contributed by atoms with Crippen molar-refractivity contribution < 1.29 is 19.1 Å². The molecule has 0 radical (unpaired) electrons. The summed E-state index contributed by atoms with van der Waals surface area (Å²) in [6.07, 6.45) is -0.261. The summed E-state index contributed by atoms with van der Waals surface area (Å²) in [5.41, 5.74) is 1.03. The maximum Gasteiger partial charge on any atom is 0.438 e. The Morgan fingerprint density at radius 3 is 2.67 bits per heavy atom. The number of rotatable bonds is 5. The van der Waals surface area contributed by atoms with E-state index in [9.17, 15) is 9.59 Å². The first-order valence-corrected chi connectivity index (χ1v) is 6.39. The van der Waals surface area contributed by atoms with Crippen molar-refractivity contribution in [3.8, 4) is 0 Å². The summed E-state index contributed by atoms with van der Waals surface area (Å²) >= 11 is 0. The van der Waals surface area contributed by atoms with Crippen LogP contribution in [0.25, 0.3) is 0 Å². The van der Waals surface area contributed by atoms with Gasteiger partial charge in [0.15, 0.2) is 0 Å². The number of esters is 1. The molecular weight excluding hydrogens is 276 g/mol. The number of carbonyl (C=O) groups excluding carboxylic acids is 2. The van der Waals surface area contributed by atoms with E-state index < -0.39 is 12.1 Å². The lowest BCUT2D eigenvalue weighted by atomic mass is 10.2. The predicted octanol–water partition coefficient (Wildman–Crippen LogP) is 1.08. The molecule has 0 unspecified atom stereocenters. The van der Waals surface area contributed by atoms with Crippen molar-refractivity contribution in [2.45, 2.75) is 13.3 Å². The second-order valence-electron chi connectivity index (χ2n) is 3.98. The lowest BCUT2D eigenvalue weighted by Crippen LogP contribution is -2.23. The van der Waals surface area contributed by atoms with E-state index in [-0.39, 0.29) is 19.0 Å². The third kappa shape index (κ3) is 3.85. The Morgan fingerprint density at radius 1 is 1.19 bits per heavy atom. The Morgan fingerprint density at radius 2 is 1.95 bits per heavy atom. The first-order chi connectivity index (χ1) is 10.2. The van der Waals surface area contributed by atoms with E-state index in [0.29, 0.717) is 11.1 Å². The molecule has 8 heteroatoms. The molecule has 2 rings (SSSR count). The molecule has 0 aliphatic heterocycles. The summed E-state index contributed by atoms with van der Waals surface area (Å²) in [6.45, 7) is 1.96. The maximum absolute atomic E-state index is 11.8. The highest BCUT2D eigenvalue weighted by atomic mass is 16.6. The number of hydrogen-bond donors (Lipinski definition) is 0. The first-order valence-electron chi connectivity index (χ1n) is 6.39. The van der Waals surface area contributed by atoms with Crippen LogP contribution in [0.2, 0.25) is 0 Å². The van der Waals surface area contributed by atoms with Crippen LogP contribution in [0.4, 0.5) is 4.79 Å². The van der Waals surface area contributed by atoms with E-state index in [1.807, 2.05) is 30.3 Å². The molecule has 21 heavy (non-hydrogen) atoms. The van der Waals surface area contributed by atoms with Crippen molar-refractivity contribution in [2.75, 3.05) is 13.2 Å². The van der Waals surface area contributed by atoms with Crippen LogP contribution in [0.1, 0.15) is 23.1 Å². The standard InChI is InChI=1S/C13H14N4O4/c1-2-20-12(18)11-14-15-16-17(11)13(19)21-9-8-10-6-4-3-5-7-10/h3-7H,2,8-9H2,1H3. The molecular formula is C13H14N4O4. The van der Waals surface area contributed by atoms with Crippen LogP contribution in [0.15, 0.2) is 30.3 Å². The van der Waals surface area contributed by atoms with Crippen LogP contribution in [0.3, 0.4) is 0 Å². The van der Waals surface area contributed by atoms with E-state index in [1.165, 1.54) is 0 Å². The van der Waals surface area contributed by atoms with Gasteiger partial charge in [-0.05, 0) is 22.9 Å². The molecule has 0 atom stereocenters. The zero-order chi connectivity index (χ0) is 15.1. The van der Waals surface area contributed by atoms with Crippen LogP contribution in [-0.4, -0.2) is 45.5 Å². The number of nitrogens with zero attached hydrogens (tertiary/aromatic N) is 4. The average Bonchev–Trinajstić information content (AvgIpc) is 2.98. The minimum Gasteiger partial charge on any atom is -0.460 e. The zero-order valence-corrected chi connectivity index (χ0v) is 11.4. The van der Waals surface area contributed by atoms with Crippen molar-refractivity contribution in [3.05, 3.63) is 41.7 Å². The van der Waals surface area contributed by atoms with Crippen molar-refractivity contribution in [1.82, 2.24) is 20.2 Å². The van der Waals surface area contributed by atoms with Gasteiger partial charge in [0.1, 0.15) is 0 Å². The van der Waals surface area contributed by atoms with E-state index >= 15 is 0 Å². The normalized spacial score (nSPS) is 10.1. The summed E-state index contributed by atoms with van der Waals surface area (Å²) in [5, 5.41) is 10.1. The summed E-state index contributed by atoms with van der Waals surface area (Å²) in [4.78, 5) is 23.3. The van der Waals surface area contributed by atoms with Crippen LogP contribution >= 0.6 is 0 Å². The number of carbonyl (C=O) groups is 2. The van der Waals surface area contributed by atoms with Crippen molar-refractivity contribution in [2.24, 2.45) is 0 Å². The molecule has 8 nitrogen and oxygen atoms in total. The van der Waals surface area contributed by atoms with Gasteiger partial charge in [0.05, 0.1) is 13.2 Å². The minimum atomic E-state index is -0.820. The molecule has 110 valence electrons. The third-order valence-corrected chi connectivity index (χ3v) is 2.56. The highest BCUT2D eigenvalue weighted by molar-refractivity contribution is 5.89. The Kier molecular flexibility index (Phi) is 4.97. The second-order valence-corrected chi connectivity index (χ2v) is 3.98. The monoisotopic (exact) mass is 290 g/mol. The van der Waals surface area contributed by atoms with Crippen LogP contribution in [-0.2, 0) is 15.9 Å². The van der Waals surface area contributed by atoms with E-state index in [1.54, 1.807) is 6.92 Å². The van der Waals surface area contributed by atoms with Crippen molar-refractivity contribution in [1.29, 1.82) is 0 Å². The maximum atomic E-state index is 11.8. The Balaban J connectivity index is 1.92. The van der Waals surface area contributed by atoms with Crippen molar-refractivity contribution in [3.63, 3.8) is 0 Å². The number of hydrogen-bond acceptors (Lipinski definition) is 7. The largest absolute Gasteiger partial charge is 0.460 e. The third-order valence-electron chi connectivity index (χ3n) is 2.56. The van der Waals surface area contributed by atoms with Gasteiger partial charge in [-0.25, -0.2) is 9.59 Å². The summed E-state index contributed by atoms with van der Waals surface area (Å²) in [7, 11) is 0. The predicted molar refractivity (Wildman–Crippen MR) is 70.7 cm³/mol. The molecule has 0 aliphatic rings. The fourth-order valence-corrected chi connectivity index (χ4v) is 1.60. The lowest BCUT2D eigenvalue weighted by Gasteiger charge is -2.05. The summed E-state index contributed by atoms with van der Waals surface area (Å²) in [5.74, 6) is -1.08. The van der Waals surface area contributed by atoms with Crippen LogP contribution in [0.5, 0.6) is 0 Å². The van der Waals surface area contributed by atoms with Gasteiger partial charge >= 0.3 is 12.1 Å². The number of tetrazole rings is 1. The fourth-order valence-electron chi connectivity index (χ4n) is 1.60. The van der Waals surface area contributed by atoms with Gasteiger partial charge in [-0.3, -0.25) is 0 Å². The van der Waals surface area contributed by atoms with E-state index in [2.05, 4.69) is 15.5 Å². The number of aromatic nitrogens is 4. The molecule has 2 aromatic rings. The molecule has 0 amide bonds. The molecule has 0 bridgehead atoms. The molecule has 0 fully saturated rings. The van der Waals surface area contributed by atoms with Crippen LogP contribution in [0, 0.1) is 0 Å². The van der Waals surface area contributed by atoms with Crippen molar-refractivity contribution >= 4 is 12.1 Å². The molecule has 1 heterocycles. The van der Waals surface area contributed by atoms with E-state index in [0.717, 1.165) is 5.56 Å². The SMILES string of the molecule is CCOC(=O)c1nnnn1C(=O)OCCc1ccccc1. The lowest BCUT2D eigenvalue weighted by molar-refractivity contribution is 0.0501. The second kappa shape index (κ2) is 7.13. The molecule has 0 saturated carbocycles. The van der Waals surface area contributed by atoms with Crippen LogP contribution < -0.4 is 0 Å². The molecule has 1 aromatic heterocycles. The van der Waals surface area contributed by atoms with Gasteiger partial charge in [-0.1, -0.05) is 30.3 Å². The van der Waals surface area contributed by atoms with Gasteiger partial charge in [0, 0.05) is 6.42 Å². The Bertz CT molecular complexity index is 612. The Hall–Kier alpha value is -2.77. The summed E-state index contributed by atoms with van der Waals surface area (Å²) in [6, 6.07) is 9.56. The minimum absolute atomic E-state index is 0.158. The first kappa shape index (κ1) is 14.6. The van der Waals surface area contributed by atoms with Gasteiger partial charge in [-0.15, -0.1) is 9.78 Å². The molecule has 0 spiro atoms. The molecule has 0 aliphatic carbocycles. The fraction of sp³-hybridized carbons (Fsp3) is 0.308. The molecule has 0 N–H and O–H groups in total. The Labute approximate surface area is 120 Å². The number of ether oxygens (including phenoxy) is 2. The quantitative estimate of drug-likeness (QED) is 0.600. The number of benzene rings is 1. The molecule has 0 saturated heterocycles. The van der Waals surface area contributed by atoms with Gasteiger partial charge in [0.2, 0.25) is 0 Å². The highest BCUT2D eigenvalue weighted by Gasteiger charge is 2.22. The summed E-state index contributed by atoms with van der Waals surface area (Å²) < 4.78 is 10.5.